The summed E-state index contributed by atoms with van der Waals surface area (Å²) in [4.78, 5) is 12.4. The largest absolute Gasteiger partial charge is 0.484 e. The highest BCUT2D eigenvalue weighted by molar-refractivity contribution is 7.99. The first-order valence-corrected chi connectivity index (χ1v) is 11.3. The minimum atomic E-state index is -0.121. The van der Waals surface area contributed by atoms with E-state index in [1.807, 2.05) is 37.3 Å². The minimum Gasteiger partial charge on any atom is -0.484 e. The molecule has 0 saturated heterocycles. The second-order valence-corrected chi connectivity index (χ2v) is 8.73. The van der Waals surface area contributed by atoms with E-state index >= 15 is 0 Å². The second kappa shape index (κ2) is 9.29. The molecule has 0 unspecified atom stereocenters. The number of rotatable bonds is 8. The van der Waals surface area contributed by atoms with Gasteiger partial charge in [0.2, 0.25) is 5.91 Å². The monoisotopic (exact) mass is 462 g/mol. The highest BCUT2D eigenvalue weighted by Gasteiger charge is 2.30. The average molecular weight is 463 g/mol. The van der Waals surface area contributed by atoms with Gasteiger partial charge in [0, 0.05) is 16.8 Å². The highest BCUT2D eigenvalue weighted by Crippen LogP contribution is 2.39. The number of benzene rings is 2. The van der Waals surface area contributed by atoms with Crippen LogP contribution in [0.2, 0.25) is 10.0 Å². The molecule has 4 rings (SSSR count). The van der Waals surface area contributed by atoms with E-state index in [4.69, 9.17) is 27.9 Å². The molecule has 0 radical (unpaired) electrons. The molecule has 1 heterocycles. The van der Waals surface area contributed by atoms with Gasteiger partial charge >= 0.3 is 0 Å². The zero-order chi connectivity index (χ0) is 21.1. The van der Waals surface area contributed by atoms with Gasteiger partial charge in [-0.25, -0.2) is 0 Å². The fourth-order valence-corrected chi connectivity index (χ4v) is 4.16. The van der Waals surface area contributed by atoms with Crippen LogP contribution in [0.15, 0.2) is 47.6 Å². The van der Waals surface area contributed by atoms with Crippen LogP contribution in [-0.2, 0) is 11.4 Å². The maximum Gasteiger partial charge on any atom is 0.234 e. The first-order valence-electron chi connectivity index (χ1n) is 9.52. The van der Waals surface area contributed by atoms with Crippen molar-refractivity contribution in [2.45, 2.75) is 37.6 Å². The lowest BCUT2D eigenvalue weighted by atomic mass is 10.2. The number of hydrogen-bond donors (Lipinski definition) is 1. The van der Waals surface area contributed by atoms with Crippen molar-refractivity contribution < 1.29 is 9.53 Å². The first kappa shape index (κ1) is 21.0. The molecule has 1 aliphatic carbocycles. The Hall–Kier alpha value is -2.22. The summed E-state index contributed by atoms with van der Waals surface area (Å²) in [6.07, 6.45) is 2.14. The highest BCUT2D eigenvalue weighted by atomic mass is 35.5. The van der Waals surface area contributed by atoms with Crippen molar-refractivity contribution in [1.29, 1.82) is 0 Å². The number of amides is 1. The maximum absolute atomic E-state index is 12.4. The summed E-state index contributed by atoms with van der Waals surface area (Å²) in [6.45, 7) is 2.14. The van der Waals surface area contributed by atoms with E-state index < -0.39 is 0 Å². The number of anilines is 1. The molecule has 1 saturated carbocycles. The number of carbonyl (C=O) groups excluding carboxylic acids is 1. The number of hydrogen-bond acceptors (Lipinski definition) is 5. The first-order chi connectivity index (χ1) is 14.5. The van der Waals surface area contributed by atoms with Gasteiger partial charge in [0.15, 0.2) is 11.0 Å². The predicted molar refractivity (Wildman–Crippen MR) is 120 cm³/mol. The van der Waals surface area contributed by atoms with Gasteiger partial charge in [0.05, 0.1) is 10.8 Å². The lowest BCUT2D eigenvalue weighted by Crippen LogP contribution is -2.15. The Morgan fingerprint density at radius 3 is 2.70 bits per heavy atom. The topological polar surface area (TPSA) is 69.0 Å². The Kier molecular flexibility index (Phi) is 6.51. The molecule has 2 aromatic carbocycles. The third kappa shape index (κ3) is 4.91. The Bertz CT molecular complexity index is 1070. The lowest BCUT2D eigenvalue weighted by molar-refractivity contribution is -0.113. The molecule has 0 atom stereocenters. The van der Waals surface area contributed by atoms with E-state index in [9.17, 15) is 4.79 Å². The van der Waals surface area contributed by atoms with Gasteiger partial charge in [-0.05, 0) is 49.6 Å². The van der Waals surface area contributed by atoms with Crippen molar-refractivity contribution in [3.63, 3.8) is 0 Å². The molecule has 0 aliphatic heterocycles. The summed E-state index contributed by atoms with van der Waals surface area (Å²) in [5.74, 6) is 1.44. The second-order valence-electron chi connectivity index (χ2n) is 6.97. The molecular formula is C21H20Cl2N4O2S. The molecule has 1 aromatic heterocycles. The molecule has 1 fully saturated rings. The summed E-state index contributed by atoms with van der Waals surface area (Å²) in [6, 6.07) is 13.1. The fraction of sp³-hybridized carbons (Fsp3) is 0.286. The Morgan fingerprint density at radius 1 is 1.17 bits per heavy atom. The van der Waals surface area contributed by atoms with Crippen molar-refractivity contribution in [2.24, 2.45) is 0 Å². The van der Waals surface area contributed by atoms with E-state index in [2.05, 4.69) is 20.1 Å². The van der Waals surface area contributed by atoms with Crippen LogP contribution in [0.5, 0.6) is 5.75 Å². The van der Waals surface area contributed by atoms with Crippen molar-refractivity contribution in [3.8, 4) is 5.75 Å². The quantitative estimate of drug-likeness (QED) is 0.445. The number of para-hydroxylation sites is 1. The summed E-state index contributed by atoms with van der Waals surface area (Å²) in [5.41, 5.74) is 1.56. The van der Waals surface area contributed by atoms with Gasteiger partial charge in [-0.2, -0.15) is 0 Å². The zero-order valence-electron chi connectivity index (χ0n) is 16.3. The molecule has 1 N–H and O–H groups in total. The Balaban J connectivity index is 1.40. The third-order valence-corrected chi connectivity index (χ3v) is 6.38. The van der Waals surface area contributed by atoms with E-state index in [1.165, 1.54) is 11.8 Å². The van der Waals surface area contributed by atoms with Crippen molar-refractivity contribution in [3.05, 3.63) is 63.9 Å². The lowest BCUT2D eigenvalue weighted by Gasteiger charge is -2.11. The van der Waals surface area contributed by atoms with Crippen LogP contribution in [0.3, 0.4) is 0 Å². The van der Waals surface area contributed by atoms with Gasteiger partial charge < -0.3 is 10.1 Å². The summed E-state index contributed by atoms with van der Waals surface area (Å²) in [5, 5.41) is 13.4. The predicted octanol–water partition coefficient (Wildman–Crippen LogP) is 5.54. The third-order valence-electron chi connectivity index (χ3n) is 4.71. The van der Waals surface area contributed by atoms with Crippen LogP contribution < -0.4 is 10.1 Å². The normalized spacial score (nSPS) is 13.3. The maximum atomic E-state index is 12.4. The molecule has 0 spiro atoms. The molecule has 3 aromatic rings. The van der Waals surface area contributed by atoms with E-state index in [0.717, 1.165) is 24.2 Å². The number of nitrogens with one attached hydrogen (secondary N) is 1. The average Bonchev–Trinajstić information content (AvgIpc) is 3.49. The molecule has 1 amide bonds. The SMILES string of the molecule is Cc1c(Cl)cccc1NC(=O)CSc1nnc(COc2ccccc2Cl)n1C1CC1. The molecule has 30 heavy (non-hydrogen) atoms. The summed E-state index contributed by atoms with van der Waals surface area (Å²) in [7, 11) is 0. The smallest absolute Gasteiger partial charge is 0.234 e. The molecule has 0 bridgehead atoms. The number of halogens is 2. The van der Waals surface area contributed by atoms with Crippen molar-refractivity contribution in [2.75, 3.05) is 11.1 Å². The molecule has 156 valence electrons. The Morgan fingerprint density at radius 2 is 1.93 bits per heavy atom. The van der Waals surface area contributed by atoms with Gasteiger partial charge in [-0.1, -0.05) is 53.2 Å². The van der Waals surface area contributed by atoms with Gasteiger partial charge in [-0.3, -0.25) is 9.36 Å². The zero-order valence-corrected chi connectivity index (χ0v) is 18.6. The van der Waals surface area contributed by atoms with Gasteiger partial charge in [-0.15, -0.1) is 10.2 Å². The molecule has 9 heteroatoms. The summed E-state index contributed by atoms with van der Waals surface area (Å²) < 4.78 is 7.90. The number of thioether (sulfide) groups is 1. The van der Waals surface area contributed by atoms with Crippen LogP contribution in [0, 0.1) is 6.92 Å². The van der Waals surface area contributed by atoms with Crippen LogP contribution >= 0.6 is 35.0 Å². The van der Waals surface area contributed by atoms with Gasteiger partial charge in [0.1, 0.15) is 12.4 Å². The van der Waals surface area contributed by atoms with Crippen LogP contribution in [-0.4, -0.2) is 26.4 Å². The van der Waals surface area contributed by atoms with Crippen LogP contribution in [0.1, 0.15) is 30.3 Å². The van der Waals surface area contributed by atoms with Crippen LogP contribution in [0.25, 0.3) is 0 Å². The molecule has 1 aliphatic rings. The molecular weight excluding hydrogens is 443 g/mol. The van der Waals surface area contributed by atoms with E-state index in [-0.39, 0.29) is 18.3 Å². The number of ether oxygens (including phenoxy) is 1. The van der Waals surface area contributed by atoms with Crippen molar-refractivity contribution >= 4 is 46.6 Å². The van der Waals surface area contributed by atoms with E-state index in [0.29, 0.717) is 32.7 Å². The summed E-state index contributed by atoms with van der Waals surface area (Å²) >= 11 is 13.6. The standard InChI is InChI=1S/C21H20Cl2N4O2S/c1-13-15(22)6-4-7-17(13)24-20(28)12-30-21-26-25-19(27(21)14-9-10-14)11-29-18-8-3-2-5-16(18)23/h2-8,14H,9-12H2,1H3,(H,24,28). The van der Waals surface area contributed by atoms with E-state index in [1.54, 1.807) is 12.1 Å². The molecule has 6 nitrogen and oxygen atoms in total. The van der Waals surface area contributed by atoms with Gasteiger partial charge in [0.25, 0.3) is 0 Å². The van der Waals surface area contributed by atoms with Crippen LogP contribution in [0.4, 0.5) is 5.69 Å². The minimum absolute atomic E-state index is 0.121. The fourth-order valence-electron chi connectivity index (χ4n) is 2.97. The number of aromatic nitrogens is 3. The number of nitrogens with zero attached hydrogens (tertiary/aromatic N) is 3. The van der Waals surface area contributed by atoms with Crippen molar-refractivity contribution in [1.82, 2.24) is 14.8 Å². The Labute approximate surface area is 188 Å². The number of carbonyl (C=O) groups is 1.